The number of ether oxygens (including phenoxy) is 2. The Balaban J connectivity index is 0.000000960. The zero-order valence-corrected chi connectivity index (χ0v) is 20.6. The molecule has 0 fully saturated rings. The molecule has 2 aromatic carbocycles. The molecule has 0 aliphatic carbocycles. The number of carbonyl (C=O) groups excluding carboxylic acids is 3. The molecule has 4 N–H and O–H groups in total. The standard InChI is InChI=1S/C23H31N3O4.C2H2O4/c1-4-24-22(27)21(25-23(28)30-17-19-8-6-5-7-9-19)16-18-10-12-20(13-11-18)29-15-14-26(2)3;3-1(4)2(5)6/h5-13,21H,4,14-17H2,1-3H3,(H,24,27)(H,25,28);(H,3,4)(H,5,6). The summed E-state index contributed by atoms with van der Waals surface area (Å²) in [7, 11) is 4.15. The minimum Gasteiger partial charge on any atom is -0.539 e. The normalized spacial score (nSPS) is 10.9. The third-order valence-corrected chi connectivity index (χ3v) is 4.58. The fourth-order valence-electron chi connectivity index (χ4n) is 2.74. The van der Waals surface area contributed by atoms with Crippen LogP contribution in [0.5, 0.6) is 5.75 Å². The number of carboxylic acid groups (broad SMARTS) is 2. The van der Waals surface area contributed by atoms with Crippen molar-refractivity contribution in [3.05, 3.63) is 65.7 Å². The first-order chi connectivity index (χ1) is 17.1. The molecule has 2 amide bonds. The van der Waals surface area contributed by atoms with Crippen LogP contribution < -0.4 is 25.4 Å². The maximum Gasteiger partial charge on any atom is 0.408 e. The van der Waals surface area contributed by atoms with Crippen molar-refractivity contribution in [3.63, 3.8) is 0 Å². The van der Waals surface area contributed by atoms with Gasteiger partial charge in [-0.15, -0.1) is 0 Å². The first-order valence-corrected chi connectivity index (χ1v) is 11.3. The number of nitrogens with one attached hydrogen (secondary N) is 3. The van der Waals surface area contributed by atoms with Gasteiger partial charge in [0.25, 0.3) is 0 Å². The van der Waals surface area contributed by atoms with Crippen molar-refractivity contribution in [3.8, 4) is 5.75 Å². The summed E-state index contributed by atoms with van der Waals surface area (Å²) in [6, 6.07) is 16.2. The lowest BCUT2D eigenvalue weighted by Gasteiger charge is -2.18. The lowest BCUT2D eigenvalue weighted by atomic mass is 10.1. The molecule has 11 heteroatoms. The van der Waals surface area contributed by atoms with Gasteiger partial charge in [0, 0.05) is 13.0 Å². The summed E-state index contributed by atoms with van der Waals surface area (Å²) in [6.07, 6.45) is -0.268. The molecule has 196 valence electrons. The molecule has 1 unspecified atom stereocenters. The molecule has 2 aromatic rings. The minimum absolute atomic E-state index is 0.148. The van der Waals surface area contributed by atoms with E-state index < -0.39 is 24.1 Å². The van der Waals surface area contributed by atoms with E-state index in [9.17, 15) is 9.59 Å². The number of benzene rings is 2. The van der Waals surface area contributed by atoms with E-state index in [1.165, 1.54) is 4.90 Å². The summed E-state index contributed by atoms with van der Waals surface area (Å²) in [5.41, 5.74) is 1.80. The van der Waals surface area contributed by atoms with Gasteiger partial charge in [-0.25, -0.2) is 9.59 Å². The molecule has 0 aromatic heterocycles. The number of aliphatic carboxylic acids is 2. The molecular weight excluding hydrogens is 470 g/mol. The number of carboxylic acids is 2. The molecule has 36 heavy (non-hydrogen) atoms. The Hall–Kier alpha value is -4.12. The molecule has 11 nitrogen and oxygen atoms in total. The molecular formula is C25H33N3O8. The second-order valence-electron chi connectivity index (χ2n) is 7.90. The van der Waals surface area contributed by atoms with Crippen molar-refractivity contribution in [1.29, 1.82) is 0 Å². The Bertz CT molecular complexity index is 953. The number of rotatable bonds is 11. The second kappa shape index (κ2) is 16.5. The Kier molecular flexibility index (Phi) is 13.7. The smallest absolute Gasteiger partial charge is 0.408 e. The number of amides is 2. The lowest BCUT2D eigenvalue weighted by Crippen LogP contribution is -3.06. The number of alkyl carbamates (subject to hydrolysis) is 1. The van der Waals surface area contributed by atoms with Gasteiger partial charge in [-0.3, -0.25) is 4.79 Å². The van der Waals surface area contributed by atoms with Crippen LogP contribution in [-0.2, 0) is 32.1 Å². The number of quaternary nitrogens is 1. The van der Waals surface area contributed by atoms with Crippen LogP contribution in [0.25, 0.3) is 0 Å². The molecule has 0 saturated carbocycles. The predicted octanol–water partition coefficient (Wildman–Crippen LogP) is -0.996. The molecule has 0 heterocycles. The van der Waals surface area contributed by atoms with E-state index in [1.54, 1.807) is 0 Å². The van der Waals surface area contributed by atoms with Gasteiger partial charge in [0.2, 0.25) is 5.91 Å². The van der Waals surface area contributed by atoms with Gasteiger partial charge >= 0.3 is 12.1 Å². The number of likely N-dealkylation sites (N-methyl/N-ethyl adjacent to an activating group) is 2. The van der Waals surface area contributed by atoms with Crippen molar-refractivity contribution < 1.29 is 43.8 Å². The zero-order valence-electron chi connectivity index (χ0n) is 20.6. The van der Waals surface area contributed by atoms with E-state index in [4.69, 9.17) is 29.3 Å². The third-order valence-electron chi connectivity index (χ3n) is 4.58. The maximum absolute atomic E-state index is 12.4. The summed E-state index contributed by atoms with van der Waals surface area (Å²) in [5, 5.41) is 21.8. The average molecular weight is 504 g/mol. The van der Waals surface area contributed by atoms with E-state index in [2.05, 4.69) is 24.7 Å². The lowest BCUT2D eigenvalue weighted by molar-refractivity contribution is -0.858. The van der Waals surface area contributed by atoms with Gasteiger partial charge in [0.1, 0.15) is 31.5 Å². The Morgan fingerprint density at radius 1 is 1.00 bits per heavy atom. The summed E-state index contributed by atoms with van der Waals surface area (Å²) in [6.45, 7) is 4.02. The van der Waals surface area contributed by atoms with E-state index in [-0.39, 0.29) is 12.5 Å². The van der Waals surface area contributed by atoms with E-state index in [1.807, 2.05) is 61.5 Å². The number of hydrogen-bond acceptors (Lipinski definition) is 7. The zero-order chi connectivity index (χ0) is 26.9. The molecule has 1 atom stereocenters. The Labute approximate surface area is 210 Å². The van der Waals surface area contributed by atoms with Gasteiger partial charge in [-0.1, -0.05) is 42.5 Å². The molecule has 2 rings (SSSR count). The monoisotopic (exact) mass is 503 g/mol. The average Bonchev–Trinajstić information content (AvgIpc) is 2.84. The topological polar surface area (TPSA) is 159 Å². The predicted molar refractivity (Wildman–Crippen MR) is 128 cm³/mol. The fourth-order valence-corrected chi connectivity index (χ4v) is 2.74. The Morgan fingerprint density at radius 3 is 2.14 bits per heavy atom. The quantitative estimate of drug-likeness (QED) is 0.284. The van der Waals surface area contributed by atoms with Crippen LogP contribution in [0.15, 0.2) is 54.6 Å². The minimum atomic E-state index is -2.07. The van der Waals surface area contributed by atoms with Gasteiger partial charge < -0.3 is 40.0 Å². The molecule has 0 saturated heterocycles. The number of hydrogen-bond donors (Lipinski definition) is 4. The summed E-state index contributed by atoms with van der Waals surface area (Å²) >= 11 is 0. The number of carbonyl (C=O) groups is 4. The van der Waals surface area contributed by atoms with Crippen LogP contribution >= 0.6 is 0 Å². The highest BCUT2D eigenvalue weighted by Gasteiger charge is 2.21. The van der Waals surface area contributed by atoms with Crippen LogP contribution in [0, 0.1) is 0 Å². The van der Waals surface area contributed by atoms with E-state index in [0.717, 1.165) is 23.4 Å². The first kappa shape index (κ1) is 29.9. The van der Waals surface area contributed by atoms with Crippen LogP contribution in [0.2, 0.25) is 0 Å². The van der Waals surface area contributed by atoms with Crippen molar-refractivity contribution in [1.82, 2.24) is 10.6 Å². The van der Waals surface area contributed by atoms with Crippen molar-refractivity contribution in [2.24, 2.45) is 0 Å². The van der Waals surface area contributed by atoms with Gasteiger partial charge in [-0.05, 0) is 30.2 Å². The summed E-state index contributed by atoms with van der Waals surface area (Å²) in [5.74, 6) is -3.47. The largest absolute Gasteiger partial charge is 0.539 e. The molecule has 0 spiro atoms. The first-order valence-electron chi connectivity index (χ1n) is 11.3. The highest BCUT2D eigenvalue weighted by molar-refractivity contribution is 6.26. The summed E-state index contributed by atoms with van der Waals surface area (Å²) in [4.78, 5) is 44.0. The van der Waals surface area contributed by atoms with Gasteiger partial charge in [0.05, 0.1) is 14.1 Å². The second-order valence-corrected chi connectivity index (χ2v) is 7.90. The fraction of sp³-hybridized carbons (Fsp3) is 0.360. The van der Waals surface area contributed by atoms with Crippen molar-refractivity contribution >= 4 is 23.9 Å². The molecule has 0 bridgehead atoms. The van der Waals surface area contributed by atoms with Gasteiger partial charge in [0.15, 0.2) is 5.97 Å². The van der Waals surface area contributed by atoms with Crippen molar-refractivity contribution in [2.75, 3.05) is 33.8 Å². The molecule has 0 radical (unpaired) electrons. The van der Waals surface area contributed by atoms with Crippen LogP contribution in [0.4, 0.5) is 4.79 Å². The van der Waals surface area contributed by atoms with Crippen LogP contribution in [0.3, 0.4) is 0 Å². The highest BCUT2D eigenvalue weighted by atomic mass is 16.5. The SMILES string of the molecule is CCNC(=O)C(Cc1ccc(OCC[NH+](C)C)cc1)NC(=O)OCc1ccccc1.O=C([O-])C(=O)O. The van der Waals surface area contributed by atoms with Crippen molar-refractivity contribution in [2.45, 2.75) is 26.0 Å². The van der Waals surface area contributed by atoms with E-state index in [0.29, 0.717) is 19.6 Å². The molecule has 0 aliphatic rings. The summed E-state index contributed by atoms with van der Waals surface area (Å²) < 4.78 is 11.0. The highest BCUT2D eigenvalue weighted by Crippen LogP contribution is 2.13. The van der Waals surface area contributed by atoms with Gasteiger partial charge in [-0.2, -0.15) is 0 Å². The van der Waals surface area contributed by atoms with Crippen LogP contribution in [0.1, 0.15) is 18.1 Å². The Morgan fingerprint density at radius 2 is 1.61 bits per heavy atom. The maximum atomic E-state index is 12.4. The molecule has 0 aliphatic heterocycles. The third kappa shape index (κ3) is 12.9. The van der Waals surface area contributed by atoms with Crippen LogP contribution in [-0.4, -0.2) is 68.9 Å². The van der Waals surface area contributed by atoms with E-state index >= 15 is 0 Å².